The van der Waals surface area contributed by atoms with E-state index in [-0.39, 0.29) is 11.9 Å². The highest BCUT2D eigenvalue weighted by Gasteiger charge is 2.42. The quantitative estimate of drug-likeness (QED) is 0.909. The lowest BCUT2D eigenvalue weighted by Gasteiger charge is -2.21. The molecule has 3 rings (SSSR count). The van der Waals surface area contributed by atoms with Gasteiger partial charge >= 0.3 is 0 Å². The van der Waals surface area contributed by atoms with Crippen molar-refractivity contribution in [1.82, 2.24) is 4.90 Å². The molecule has 4 heteroatoms. The maximum absolute atomic E-state index is 12.8. The molecule has 2 aliphatic rings. The largest absolute Gasteiger partial charge is 0.377 e. The third-order valence-electron chi connectivity index (χ3n) is 4.54. The van der Waals surface area contributed by atoms with Crippen LogP contribution in [0.1, 0.15) is 23.2 Å². The average Bonchev–Trinajstić information content (AvgIpc) is 3.21. The number of nitrogens with two attached hydrogens (primary N) is 1. The molecule has 0 bridgehead atoms. The molecule has 1 aliphatic heterocycles. The van der Waals surface area contributed by atoms with Gasteiger partial charge in [0.1, 0.15) is 0 Å². The van der Waals surface area contributed by atoms with Gasteiger partial charge in [-0.2, -0.15) is 0 Å². The van der Waals surface area contributed by atoms with Crippen LogP contribution >= 0.6 is 0 Å². The number of hydrogen-bond donors (Lipinski definition) is 1. The van der Waals surface area contributed by atoms with Crippen LogP contribution < -0.4 is 10.6 Å². The molecule has 1 heterocycles. The number of likely N-dealkylation sites (tertiary alicyclic amines) is 1. The first-order valence-electron chi connectivity index (χ1n) is 7.39. The number of benzene rings is 1. The van der Waals surface area contributed by atoms with Crippen LogP contribution in [0.5, 0.6) is 0 Å². The summed E-state index contributed by atoms with van der Waals surface area (Å²) in [5.41, 5.74) is 7.97. The molecular formula is C16H23N3O. The highest BCUT2D eigenvalue weighted by atomic mass is 16.2. The van der Waals surface area contributed by atoms with Crippen LogP contribution in [-0.4, -0.2) is 44.0 Å². The Labute approximate surface area is 120 Å². The molecule has 1 saturated carbocycles. The maximum atomic E-state index is 12.8. The molecule has 2 fully saturated rings. The SMILES string of the molecule is CN(C)c1ccccc1C(=O)N1C[C@H](C2CC2)[C@@H](N)C1. The van der Waals surface area contributed by atoms with E-state index < -0.39 is 0 Å². The van der Waals surface area contributed by atoms with Crippen LogP contribution in [0.4, 0.5) is 5.69 Å². The van der Waals surface area contributed by atoms with Crippen LogP contribution in [0.2, 0.25) is 0 Å². The molecule has 20 heavy (non-hydrogen) atoms. The molecule has 1 saturated heterocycles. The Morgan fingerprint density at radius 3 is 2.60 bits per heavy atom. The summed E-state index contributed by atoms with van der Waals surface area (Å²) < 4.78 is 0. The number of carbonyl (C=O) groups excluding carboxylic acids is 1. The van der Waals surface area contributed by atoms with Crippen molar-refractivity contribution in [3.63, 3.8) is 0 Å². The van der Waals surface area contributed by atoms with Gasteiger partial charge < -0.3 is 15.5 Å². The smallest absolute Gasteiger partial charge is 0.256 e. The number of anilines is 1. The van der Waals surface area contributed by atoms with Gasteiger partial charge in [-0.25, -0.2) is 0 Å². The van der Waals surface area contributed by atoms with E-state index in [2.05, 4.69) is 0 Å². The van der Waals surface area contributed by atoms with Crippen LogP contribution in [0.25, 0.3) is 0 Å². The molecule has 1 aliphatic carbocycles. The van der Waals surface area contributed by atoms with Gasteiger partial charge in [-0.1, -0.05) is 12.1 Å². The molecule has 0 spiro atoms. The highest BCUT2D eigenvalue weighted by molar-refractivity contribution is 6.00. The predicted molar refractivity (Wildman–Crippen MR) is 80.9 cm³/mol. The first-order valence-corrected chi connectivity index (χ1v) is 7.39. The minimum atomic E-state index is 0.118. The van der Waals surface area contributed by atoms with Crippen molar-refractivity contribution in [2.75, 3.05) is 32.1 Å². The highest BCUT2D eigenvalue weighted by Crippen LogP contribution is 2.41. The fourth-order valence-corrected chi connectivity index (χ4v) is 3.26. The van der Waals surface area contributed by atoms with E-state index >= 15 is 0 Å². The van der Waals surface area contributed by atoms with E-state index in [4.69, 9.17) is 5.73 Å². The van der Waals surface area contributed by atoms with Gasteiger partial charge in [0.15, 0.2) is 0 Å². The summed E-state index contributed by atoms with van der Waals surface area (Å²) in [6.07, 6.45) is 2.57. The van der Waals surface area contributed by atoms with E-state index in [0.717, 1.165) is 23.7 Å². The van der Waals surface area contributed by atoms with Crippen LogP contribution in [0.3, 0.4) is 0 Å². The molecule has 1 amide bonds. The molecule has 0 unspecified atom stereocenters. The second kappa shape index (κ2) is 5.09. The van der Waals surface area contributed by atoms with Crippen molar-refractivity contribution in [2.24, 2.45) is 17.6 Å². The predicted octanol–water partition coefficient (Wildman–Crippen LogP) is 1.56. The van der Waals surface area contributed by atoms with Gasteiger partial charge in [-0.3, -0.25) is 4.79 Å². The average molecular weight is 273 g/mol. The van der Waals surface area contributed by atoms with Crippen LogP contribution in [0.15, 0.2) is 24.3 Å². The zero-order chi connectivity index (χ0) is 14.3. The number of nitrogens with zero attached hydrogens (tertiary/aromatic N) is 2. The Morgan fingerprint density at radius 1 is 1.25 bits per heavy atom. The van der Waals surface area contributed by atoms with Crippen molar-refractivity contribution in [1.29, 1.82) is 0 Å². The van der Waals surface area contributed by atoms with E-state index in [1.54, 1.807) is 0 Å². The summed E-state index contributed by atoms with van der Waals surface area (Å²) >= 11 is 0. The lowest BCUT2D eigenvalue weighted by molar-refractivity contribution is 0.0785. The Bertz CT molecular complexity index is 510. The fraction of sp³-hybridized carbons (Fsp3) is 0.562. The maximum Gasteiger partial charge on any atom is 0.256 e. The number of amides is 1. The lowest BCUT2D eigenvalue weighted by Crippen LogP contribution is -2.33. The molecule has 1 aromatic carbocycles. The minimum Gasteiger partial charge on any atom is -0.377 e. The summed E-state index contributed by atoms with van der Waals surface area (Å²) in [6.45, 7) is 1.52. The number of rotatable bonds is 3. The third kappa shape index (κ3) is 2.40. The van der Waals surface area contributed by atoms with Crippen molar-refractivity contribution < 1.29 is 4.79 Å². The zero-order valence-corrected chi connectivity index (χ0v) is 12.2. The summed E-state index contributed by atoms with van der Waals surface area (Å²) in [6, 6.07) is 7.94. The van der Waals surface area contributed by atoms with Gasteiger partial charge in [-0.05, 0) is 36.8 Å². The number of hydrogen-bond acceptors (Lipinski definition) is 3. The summed E-state index contributed by atoms with van der Waals surface area (Å²) in [4.78, 5) is 16.7. The Balaban J connectivity index is 1.79. The van der Waals surface area contributed by atoms with Gasteiger partial charge in [0.05, 0.1) is 5.56 Å². The van der Waals surface area contributed by atoms with E-state index in [0.29, 0.717) is 12.5 Å². The van der Waals surface area contributed by atoms with E-state index in [9.17, 15) is 4.79 Å². The molecule has 2 N–H and O–H groups in total. The standard InChI is InChI=1S/C16H23N3O/c1-18(2)15-6-4-3-5-12(15)16(20)19-9-13(11-7-8-11)14(17)10-19/h3-6,11,13-14H,7-10,17H2,1-2H3/t13-,14+/m1/s1. The van der Waals surface area contributed by atoms with E-state index in [1.807, 2.05) is 48.2 Å². The molecule has 0 aromatic heterocycles. The summed E-state index contributed by atoms with van der Waals surface area (Å²) in [7, 11) is 3.93. The lowest BCUT2D eigenvalue weighted by atomic mass is 9.99. The van der Waals surface area contributed by atoms with Crippen LogP contribution in [-0.2, 0) is 0 Å². The first-order chi connectivity index (χ1) is 9.58. The Hall–Kier alpha value is -1.55. The van der Waals surface area contributed by atoms with Crippen molar-refractivity contribution in [2.45, 2.75) is 18.9 Å². The fourth-order valence-electron chi connectivity index (χ4n) is 3.26. The Kier molecular flexibility index (Phi) is 3.42. The summed E-state index contributed by atoms with van der Waals surface area (Å²) in [5.74, 6) is 1.38. The van der Waals surface area contributed by atoms with Crippen molar-refractivity contribution in [3.05, 3.63) is 29.8 Å². The van der Waals surface area contributed by atoms with Gasteiger partial charge in [-0.15, -0.1) is 0 Å². The topological polar surface area (TPSA) is 49.6 Å². The molecule has 2 atom stereocenters. The molecular weight excluding hydrogens is 250 g/mol. The number of para-hydroxylation sites is 1. The molecule has 0 radical (unpaired) electrons. The third-order valence-corrected chi connectivity index (χ3v) is 4.54. The molecule has 1 aromatic rings. The normalized spacial score (nSPS) is 25.9. The summed E-state index contributed by atoms with van der Waals surface area (Å²) in [5, 5.41) is 0. The Morgan fingerprint density at radius 2 is 1.95 bits per heavy atom. The van der Waals surface area contributed by atoms with Crippen LogP contribution in [0, 0.1) is 11.8 Å². The second-order valence-electron chi connectivity index (χ2n) is 6.29. The van der Waals surface area contributed by atoms with Gasteiger partial charge in [0.2, 0.25) is 0 Å². The van der Waals surface area contributed by atoms with Crippen molar-refractivity contribution in [3.8, 4) is 0 Å². The number of carbonyl (C=O) groups is 1. The minimum absolute atomic E-state index is 0.118. The van der Waals surface area contributed by atoms with E-state index in [1.165, 1.54) is 12.8 Å². The van der Waals surface area contributed by atoms with Gasteiger partial charge in [0, 0.05) is 38.9 Å². The molecule has 4 nitrogen and oxygen atoms in total. The monoisotopic (exact) mass is 273 g/mol. The first kappa shape index (κ1) is 13.4. The molecule has 108 valence electrons. The van der Waals surface area contributed by atoms with Crippen molar-refractivity contribution >= 4 is 11.6 Å². The van der Waals surface area contributed by atoms with Gasteiger partial charge in [0.25, 0.3) is 5.91 Å². The second-order valence-corrected chi connectivity index (χ2v) is 6.29. The zero-order valence-electron chi connectivity index (χ0n) is 12.2.